The highest BCUT2D eigenvalue weighted by Gasteiger charge is 2.26. The largest absolute Gasteiger partial charge is 0.508 e. The van der Waals surface area contributed by atoms with E-state index in [1.165, 1.54) is 13.1 Å². The summed E-state index contributed by atoms with van der Waals surface area (Å²) >= 11 is 0. The van der Waals surface area contributed by atoms with Crippen molar-refractivity contribution in [2.75, 3.05) is 20.6 Å². The molecule has 0 unspecified atom stereocenters. The number of aromatic nitrogens is 1. The number of carbonyl (C=O) groups excluding carboxylic acids is 2. The van der Waals surface area contributed by atoms with Crippen molar-refractivity contribution in [1.82, 2.24) is 20.9 Å². The number of unbranched alkanes of at least 4 members (excludes halogenated alkanes) is 2. The molecule has 0 atom stereocenters. The van der Waals surface area contributed by atoms with Gasteiger partial charge in [0.15, 0.2) is 11.5 Å². The maximum atomic E-state index is 12.6. The van der Waals surface area contributed by atoms with Gasteiger partial charge in [-0.1, -0.05) is 49.7 Å². The average molecular weight is 525 g/mol. The maximum Gasteiger partial charge on any atom is 0.273 e. The molecule has 1 heterocycles. The predicted molar refractivity (Wildman–Crippen MR) is 143 cm³/mol. The topological polar surface area (TPSA) is 148 Å². The van der Waals surface area contributed by atoms with Crippen LogP contribution in [0.4, 0.5) is 0 Å². The summed E-state index contributed by atoms with van der Waals surface area (Å²) < 4.78 is 5.60. The fourth-order valence-corrected chi connectivity index (χ4v) is 4.32. The Balaban J connectivity index is 1.82. The second-order valence-corrected chi connectivity index (χ2v) is 9.68. The fraction of sp³-hybridized carbons (Fsp3) is 0.393. The summed E-state index contributed by atoms with van der Waals surface area (Å²) in [4.78, 5) is 25.9. The molecule has 0 aliphatic heterocycles. The zero-order chi connectivity index (χ0) is 27.8. The van der Waals surface area contributed by atoms with E-state index in [0.29, 0.717) is 35.2 Å². The van der Waals surface area contributed by atoms with Crippen LogP contribution in [0.2, 0.25) is 0 Å². The number of hydrogen-bond donors (Lipinski definition) is 5. The Labute approximate surface area is 222 Å². The van der Waals surface area contributed by atoms with Crippen LogP contribution in [0.25, 0.3) is 22.5 Å². The van der Waals surface area contributed by atoms with Crippen molar-refractivity contribution in [2.24, 2.45) is 0 Å². The number of carbonyl (C=O) groups is 2. The van der Waals surface area contributed by atoms with Crippen LogP contribution in [0.3, 0.4) is 0 Å². The SMILES string of the molecule is CNC(=O)c1noc(-c2cc(C(C)C)c(O)cc2O)c1-c1ccc(CN(C)CCCCCC(=O)NO)cc1. The molecule has 204 valence electrons. The van der Waals surface area contributed by atoms with Gasteiger partial charge in [-0.25, -0.2) is 5.48 Å². The molecule has 0 aliphatic rings. The van der Waals surface area contributed by atoms with E-state index in [1.54, 1.807) is 11.5 Å². The second-order valence-electron chi connectivity index (χ2n) is 9.68. The minimum absolute atomic E-state index is 0.00422. The van der Waals surface area contributed by atoms with Gasteiger partial charge in [-0.3, -0.25) is 14.8 Å². The third-order valence-electron chi connectivity index (χ3n) is 6.41. The van der Waals surface area contributed by atoms with Gasteiger partial charge >= 0.3 is 0 Å². The number of phenolic OH excluding ortho intramolecular Hbond substituents is 2. The van der Waals surface area contributed by atoms with Crippen LogP contribution >= 0.6 is 0 Å². The molecule has 2 aromatic carbocycles. The standard InChI is InChI=1S/C28H36N4O6/c1-17(2)20-14-21(23(34)15-22(20)33)27-25(26(31-38-27)28(36)29-3)19-11-9-18(10-12-19)16-32(4)13-7-5-6-8-24(35)30-37/h9-12,14-15,17,33-34,37H,5-8,13,16H2,1-4H3,(H,29,36)(H,30,35). The van der Waals surface area contributed by atoms with E-state index < -0.39 is 5.91 Å². The van der Waals surface area contributed by atoms with Crippen molar-refractivity contribution in [3.8, 4) is 33.9 Å². The zero-order valence-electron chi connectivity index (χ0n) is 22.2. The Morgan fingerprint density at radius 3 is 2.39 bits per heavy atom. The number of rotatable bonds is 12. The summed E-state index contributed by atoms with van der Waals surface area (Å²) in [5.41, 5.74) is 4.94. The first-order valence-electron chi connectivity index (χ1n) is 12.6. The summed E-state index contributed by atoms with van der Waals surface area (Å²) in [5.74, 6) is -0.744. The molecule has 0 aliphatic carbocycles. The number of nitrogens with one attached hydrogen (secondary N) is 2. The summed E-state index contributed by atoms with van der Waals surface area (Å²) in [7, 11) is 3.53. The third-order valence-corrected chi connectivity index (χ3v) is 6.41. The highest BCUT2D eigenvalue weighted by Crippen LogP contribution is 2.43. The van der Waals surface area contributed by atoms with Crippen LogP contribution in [-0.4, -0.2) is 57.9 Å². The number of nitrogens with zero attached hydrogens (tertiary/aromatic N) is 2. The Morgan fingerprint density at radius 1 is 1.05 bits per heavy atom. The lowest BCUT2D eigenvalue weighted by Gasteiger charge is -2.17. The van der Waals surface area contributed by atoms with Crippen LogP contribution in [0.15, 0.2) is 40.9 Å². The highest BCUT2D eigenvalue weighted by atomic mass is 16.5. The molecule has 10 nitrogen and oxygen atoms in total. The molecule has 0 radical (unpaired) electrons. The monoisotopic (exact) mass is 524 g/mol. The van der Waals surface area contributed by atoms with Gasteiger partial charge in [0, 0.05) is 26.1 Å². The number of amides is 2. The van der Waals surface area contributed by atoms with E-state index in [-0.39, 0.29) is 34.8 Å². The Bertz CT molecular complexity index is 1250. The van der Waals surface area contributed by atoms with Gasteiger partial charge in [0.25, 0.3) is 5.91 Å². The van der Waals surface area contributed by atoms with Gasteiger partial charge in [-0.2, -0.15) is 0 Å². The van der Waals surface area contributed by atoms with Gasteiger partial charge in [-0.05, 0) is 55.1 Å². The van der Waals surface area contributed by atoms with E-state index >= 15 is 0 Å². The van der Waals surface area contributed by atoms with Crippen LogP contribution in [0, 0.1) is 0 Å². The molecular weight excluding hydrogens is 488 g/mol. The molecule has 10 heteroatoms. The van der Waals surface area contributed by atoms with Gasteiger partial charge in [-0.15, -0.1) is 0 Å². The molecule has 1 aromatic heterocycles. The van der Waals surface area contributed by atoms with Gasteiger partial charge in [0.1, 0.15) is 11.5 Å². The molecule has 2 amide bonds. The molecule has 3 rings (SSSR count). The molecular formula is C28H36N4O6. The number of hydroxylamine groups is 1. The first kappa shape index (κ1) is 28.7. The summed E-state index contributed by atoms with van der Waals surface area (Å²) in [5, 5.41) is 36.0. The Hall–Kier alpha value is -3.89. The lowest BCUT2D eigenvalue weighted by molar-refractivity contribution is -0.129. The minimum Gasteiger partial charge on any atom is -0.508 e. The van der Waals surface area contributed by atoms with Crippen molar-refractivity contribution >= 4 is 11.8 Å². The first-order valence-corrected chi connectivity index (χ1v) is 12.6. The number of hydrogen-bond acceptors (Lipinski definition) is 8. The van der Waals surface area contributed by atoms with Gasteiger partial charge in [0.05, 0.1) is 11.1 Å². The zero-order valence-corrected chi connectivity index (χ0v) is 22.2. The van der Waals surface area contributed by atoms with E-state index in [0.717, 1.165) is 31.4 Å². The summed E-state index contributed by atoms with van der Waals surface area (Å²) in [6.07, 6.45) is 2.85. The van der Waals surface area contributed by atoms with Crippen molar-refractivity contribution in [3.63, 3.8) is 0 Å². The third kappa shape index (κ3) is 6.90. The smallest absolute Gasteiger partial charge is 0.273 e. The molecule has 0 spiro atoms. The van der Waals surface area contributed by atoms with Crippen molar-refractivity contribution in [3.05, 3.63) is 53.2 Å². The van der Waals surface area contributed by atoms with E-state index in [4.69, 9.17) is 9.73 Å². The fourth-order valence-electron chi connectivity index (χ4n) is 4.32. The van der Waals surface area contributed by atoms with Crippen molar-refractivity contribution < 1.29 is 29.5 Å². The second kappa shape index (κ2) is 13.1. The van der Waals surface area contributed by atoms with Crippen LogP contribution < -0.4 is 10.8 Å². The first-order chi connectivity index (χ1) is 18.2. The molecule has 0 saturated heterocycles. The molecule has 5 N–H and O–H groups in total. The van der Waals surface area contributed by atoms with E-state index in [9.17, 15) is 19.8 Å². The maximum absolute atomic E-state index is 12.6. The summed E-state index contributed by atoms with van der Waals surface area (Å²) in [6.45, 7) is 5.43. The van der Waals surface area contributed by atoms with Crippen molar-refractivity contribution in [2.45, 2.75) is 52.0 Å². The quantitative estimate of drug-likeness (QED) is 0.133. The average Bonchev–Trinajstić information content (AvgIpc) is 3.33. The minimum atomic E-state index is -0.419. The predicted octanol–water partition coefficient (Wildman–Crippen LogP) is 4.40. The van der Waals surface area contributed by atoms with E-state index in [2.05, 4.69) is 15.4 Å². The normalized spacial score (nSPS) is 11.2. The molecule has 0 fully saturated rings. The Kier molecular flexibility index (Phi) is 9.86. The number of phenols is 2. The number of benzene rings is 2. The number of aromatic hydroxyl groups is 2. The lowest BCUT2D eigenvalue weighted by Crippen LogP contribution is -2.20. The molecule has 3 aromatic rings. The summed E-state index contributed by atoms with van der Waals surface area (Å²) in [6, 6.07) is 10.7. The molecule has 38 heavy (non-hydrogen) atoms. The Morgan fingerprint density at radius 2 is 1.76 bits per heavy atom. The van der Waals surface area contributed by atoms with Gasteiger partial charge in [0.2, 0.25) is 5.91 Å². The molecule has 0 saturated carbocycles. The van der Waals surface area contributed by atoms with E-state index in [1.807, 2.05) is 45.2 Å². The lowest BCUT2D eigenvalue weighted by atomic mass is 9.94. The highest BCUT2D eigenvalue weighted by molar-refractivity contribution is 6.02. The molecule has 0 bridgehead atoms. The van der Waals surface area contributed by atoms with Gasteiger partial charge < -0.3 is 25.0 Å². The van der Waals surface area contributed by atoms with Crippen LogP contribution in [-0.2, 0) is 11.3 Å². The van der Waals surface area contributed by atoms with Crippen LogP contribution in [0.5, 0.6) is 11.5 Å². The van der Waals surface area contributed by atoms with Crippen molar-refractivity contribution in [1.29, 1.82) is 0 Å². The van der Waals surface area contributed by atoms with Crippen LogP contribution in [0.1, 0.15) is 67.1 Å².